The third-order valence-corrected chi connectivity index (χ3v) is 4.52. The molecule has 134 valence electrons. The first-order chi connectivity index (χ1) is 11.0. The molecule has 1 aromatic carbocycles. The van der Waals surface area contributed by atoms with Gasteiger partial charge in [0.2, 0.25) is 5.91 Å². The Kier molecular flexibility index (Phi) is 8.82. The predicted octanol–water partition coefficient (Wildman–Crippen LogP) is 1.90. The highest BCUT2D eigenvalue weighted by molar-refractivity contribution is 14.0. The number of aliphatic imine (C=N–C) groups is 1. The lowest BCUT2D eigenvalue weighted by molar-refractivity contribution is -0.127. The fourth-order valence-electron chi connectivity index (χ4n) is 2.51. The Morgan fingerprint density at radius 1 is 1.42 bits per heavy atom. The first kappa shape index (κ1) is 21.0. The SMILES string of the molecule is CN=C(NCC(=O)N(C)C)NC1CCN(c2ccccc2Br)C1.I. The first-order valence-corrected chi connectivity index (χ1v) is 8.47. The molecule has 1 aromatic rings. The van der Waals surface area contributed by atoms with Gasteiger partial charge in [0, 0.05) is 44.7 Å². The summed E-state index contributed by atoms with van der Waals surface area (Å²) in [7, 11) is 5.20. The monoisotopic (exact) mass is 509 g/mol. The van der Waals surface area contributed by atoms with Crippen molar-refractivity contribution < 1.29 is 4.79 Å². The molecule has 0 radical (unpaired) electrons. The fraction of sp³-hybridized carbons (Fsp3) is 0.500. The van der Waals surface area contributed by atoms with Gasteiger partial charge in [0.05, 0.1) is 12.2 Å². The van der Waals surface area contributed by atoms with Crippen LogP contribution in [0.1, 0.15) is 6.42 Å². The zero-order chi connectivity index (χ0) is 16.8. The smallest absolute Gasteiger partial charge is 0.241 e. The van der Waals surface area contributed by atoms with E-state index in [0.717, 1.165) is 24.0 Å². The number of nitrogens with zero attached hydrogens (tertiary/aromatic N) is 3. The van der Waals surface area contributed by atoms with Crippen LogP contribution in [0.5, 0.6) is 0 Å². The van der Waals surface area contributed by atoms with Gasteiger partial charge in [-0.3, -0.25) is 9.79 Å². The molecule has 1 unspecified atom stereocenters. The molecule has 2 rings (SSSR count). The molecule has 1 aliphatic heterocycles. The molecule has 6 nitrogen and oxygen atoms in total. The molecule has 0 saturated carbocycles. The molecule has 1 fully saturated rings. The van der Waals surface area contributed by atoms with Crippen molar-refractivity contribution in [2.75, 3.05) is 45.7 Å². The van der Waals surface area contributed by atoms with Gasteiger partial charge < -0.3 is 20.4 Å². The van der Waals surface area contributed by atoms with Gasteiger partial charge in [-0.15, -0.1) is 24.0 Å². The predicted molar refractivity (Wildman–Crippen MR) is 113 cm³/mol. The van der Waals surface area contributed by atoms with E-state index in [-0.39, 0.29) is 36.4 Å². The van der Waals surface area contributed by atoms with E-state index in [1.807, 2.05) is 12.1 Å². The van der Waals surface area contributed by atoms with Crippen LogP contribution in [0.4, 0.5) is 5.69 Å². The zero-order valence-corrected chi connectivity index (χ0v) is 18.2. The minimum Gasteiger partial charge on any atom is -0.368 e. The molecule has 8 heteroatoms. The molecule has 2 N–H and O–H groups in total. The van der Waals surface area contributed by atoms with Gasteiger partial charge in [-0.1, -0.05) is 12.1 Å². The van der Waals surface area contributed by atoms with E-state index in [1.54, 1.807) is 26.0 Å². The summed E-state index contributed by atoms with van der Waals surface area (Å²) < 4.78 is 1.11. The van der Waals surface area contributed by atoms with Crippen LogP contribution in [0.3, 0.4) is 0 Å². The van der Waals surface area contributed by atoms with E-state index in [9.17, 15) is 4.79 Å². The Morgan fingerprint density at radius 3 is 2.75 bits per heavy atom. The van der Waals surface area contributed by atoms with Crippen molar-refractivity contribution in [3.63, 3.8) is 0 Å². The number of benzene rings is 1. The standard InChI is InChI=1S/C16H24BrN5O.HI/c1-18-16(19-10-15(23)21(2)3)20-12-8-9-22(11-12)14-7-5-4-6-13(14)17;/h4-7,12H,8-11H2,1-3H3,(H2,18,19,20);1H. The summed E-state index contributed by atoms with van der Waals surface area (Å²) in [5.41, 5.74) is 1.21. The number of rotatable bonds is 4. The number of hydrogen-bond donors (Lipinski definition) is 2. The second-order valence-corrected chi connectivity index (χ2v) is 6.60. The van der Waals surface area contributed by atoms with Crippen LogP contribution in [0, 0.1) is 0 Å². The van der Waals surface area contributed by atoms with Crippen molar-refractivity contribution in [1.29, 1.82) is 0 Å². The zero-order valence-electron chi connectivity index (χ0n) is 14.3. The molecule has 1 amide bonds. The minimum absolute atomic E-state index is 0. The second kappa shape index (κ2) is 10.1. The van der Waals surface area contributed by atoms with Gasteiger partial charge in [0.15, 0.2) is 5.96 Å². The largest absolute Gasteiger partial charge is 0.368 e. The minimum atomic E-state index is 0. The number of nitrogens with one attached hydrogen (secondary N) is 2. The molecule has 0 aliphatic carbocycles. The Morgan fingerprint density at radius 2 is 2.12 bits per heavy atom. The second-order valence-electron chi connectivity index (χ2n) is 5.74. The molecule has 1 saturated heterocycles. The molecule has 0 bridgehead atoms. The summed E-state index contributed by atoms with van der Waals surface area (Å²) in [5, 5.41) is 6.45. The van der Waals surface area contributed by atoms with E-state index >= 15 is 0 Å². The van der Waals surface area contributed by atoms with Crippen LogP contribution in [0.25, 0.3) is 0 Å². The number of anilines is 1. The van der Waals surface area contributed by atoms with Crippen molar-refractivity contribution in [2.45, 2.75) is 12.5 Å². The summed E-state index contributed by atoms with van der Waals surface area (Å²) in [4.78, 5) is 19.7. The third-order valence-electron chi connectivity index (χ3n) is 3.85. The van der Waals surface area contributed by atoms with Gasteiger partial charge in [0.25, 0.3) is 0 Å². The summed E-state index contributed by atoms with van der Waals surface area (Å²) in [5.74, 6) is 0.688. The molecular formula is C16H25BrIN5O. The van der Waals surface area contributed by atoms with Gasteiger partial charge >= 0.3 is 0 Å². The first-order valence-electron chi connectivity index (χ1n) is 7.68. The number of carbonyl (C=O) groups is 1. The Hall–Kier alpha value is -1.03. The Balaban J connectivity index is 0.00000288. The highest BCUT2D eigenvalue weighted by Gasteiger charge is 2.24. The highest BCUT2D eigenvalue weighted by atomic mass is 127. The highest BCUT2D eigenvalue weighted by Crippen LogP contribution is 2.28. The number of carbonyl (C=O) groups excluding carboxylic acids is 1. The van der Waals surface area contributed by atoms with E-state index < -0.39 is 0 Å². The molecular weight excluding hydrogens is 485 g/mol. The lowest BCUT2D eigenvalue weighted by atomic mass is 10.3. The van der Waals surface area contributed by atoms with E-state index in [1.165, 1.54) is 5.69 Å². The number of hydrogen-bond acceptors (Lipinski definition) is 3. The summed E-state index contributed by atoms with van der Waals surface area (Å²) in [6.07, 6.45) is 1.03. The van der Waals surface area contributed by atoms with Crippen LogP contribution in [-0.4, -0.2) is 63.6 Å². The van der Waals surface area contributed by atoms with Crippen molar-refractivity contribution in [2.24, 2.45) is 4.99 Å². The van der Waals surface area contributed by atoms with Crippen molar-refractivity contribution in [3.05, 3.63) is 28.7 Å². The van der Waals surface area contributed by atoms with Crippen molar-refractivity contribution in [1.82, 2.24) is 15.5 Å². The summed E-state index contributed by atoms with van der Waals surface area (Å²) in [6, 6.07) is 8.56. The van der Waals surface area contributed by atoms with E-state index in [2.05, 4.69) is 48.6 Å². The van der Waals surface area contributed by atoms with Crippen molar-refractivity contribution in [3.8, 4) is 0 Å². The average Bonchev–Trinajstić information content (AvgIpc) is 2.99. The fourth-order valence-corrected chi connectivity index (χ4v) is 3.05. The molecule has 24 heavy (non-hydrogen) atoms. The number of para-hydroxylation sites is 1. The van der Waals surface area contributed by atoms with Crippen LogP contribution in [0.2, 0.25) is 0 Å². The van der Waals surface area contributed by atoms with Gasteiger partial charge in [-0.25, -0.2) is 0 Å². The molecule has 0 aromatic heterocycles. The Labute approximate surface area is 169 Å². The lowest BCUT2D eigenvalue weighted by Gasteiger charge is -2.21. The normalized spacial score (nSPS) is 17.2. The third kappa shape index (κ3) is 5.80. The number of guanidine groups is 1. The number of halogens is 2. The van der Waals surface area contributed by atoms with Gasteiger partial charge in [0.1, 0.15) is 0 Å². The summed E-state index contributed by atoms with van der Waals surface area (Å²) in [6.45, 7) is 2.15. The van der Waals surface area contributed by atoms with Gasteiger partial charge in [-0.05, 0) is 34.5 Å². The molecule has 1 aliphatic rings. The van der Waals surface area contributed by atoms with E-state index in [4.69, 9.17) is 0 Å². The average molecular weight is 510 g/mol. The topological polar surface area (TPSA) is 60.0 Å². The molecule has 1 atom stereocenters. The molecule has 0 spiro atoms. The maximum Gasteiger partial charge on any atom is 0.241 e. The summed E-state index contributed by atoms with van der Waals surface area (Å²) >= 11 is 3.60. The van der Waals surface area contributed by atoms with Gasteiger partial charge in [-0.2, -0.15) is 0 Å². The van der Waals surface area contributed by atoms with Crippen LogP contribution in [-0.2, 0) is 4.79 Å². The molecule has 1 heterocycles. The number of likely N-dealkylation sites (N-methyl/N-ethyl adjacent to an activating group) is 1. The van der Waals surface area contributed by atoms with Crippen LogP contribution < -0.4 is 15.5 Å². The van der Waals surface area contributed by atoms with E-state index in [0.29, 0.717) is 12.0 Å². The maximum atomic E-state index is 11.6. The Bertz CT molecular complexity index is 581. The maximum absolute atomic E-state index is 11.6. The van der Waals surface area contributed by atoms with Crippen LogP contribution >= 0.6 is 39.9 Å². The van der Waals surface area contributed by atoms with Crippen molar-refractivity contribution >= 4 is 57.5 Å². The quantitative estimate of drug-likeness (QED) is 0.370. The number of amides is 1. The van der Waals surface area contributed by atoms with Crippen LogP contribution in [0.15, 0.2) is 33.7 Å². The lowest BCUT2D eigenvalue weighted by Crippen LogP contribution is -2.47.